The Hall–Kier alpha value is -1.62. The molecule has 5 heteroatoms. The lowest BCUT2D eigenvalue weighted by Gasteiger charge is -2.32. The summed E-state index contributed by atoms with van der Waals surface area (Å²) in [6, 6.07) is 5.78. The summed E-state index contributed by atoms with van der Waals surface area (Å²) in [6.07, 6.45) is 1.75. The maximum Gasteiger partial charge on any atom is 0.327 e. The monoisotopic (exact) mass is 281 g/mol. The molecular weight excluding hydrogens is 261 g/mol. The molecule has 1 saturated carbocycles. The summed E-state index contributed by atoms with van der Waals surface area (Å²) < 4.78 is 18.6. The Morgan fingerprint density at radius 1 is 1.55 bits per heavy atom. The SMILES string of the molecule is CC(C)NC(COc1cccc(F)c1)(C(=O)O)C1CC1. The van der Waals surface area contributed by atoms with Crippen molar-refractivity contribution in [3.63, 3.8) is 0 Å². The maximum atomic E-state index is 13.1. The van der Waals surface area contributed by atoms with Gasteiger partial charge in [-0.3, -0.25) is 10.1 Å². The van der Waals surface area contributed by atoms with Crippen molar-refractivity contribution in [1.29, 1.82) is 0 Å². The van der Waals surface area contributed by atoms with Gasteiger partial charge in [0.1, 0.15) is 18.2 Å². The standard InChI is InChI=1S/C15H20FNO3/c1-10(2)17-15(14(18)19,11-6-7-11)9-20-13-5-3-4-12(16)8-13/h3-5,8,10-11,17H,6-7,9H2,1-2H3,(H,18,19). The molecule has 20 heavy (non-hydrogen) atoms. The number of rotatable bonds is 7. The first kappa shape index (κ1) is 14.8. The van der Waals surface area contributed by atoms with E-state index in [1.165, 1.54) is 12.1 Å². The third-order valence-corrected chi connectivity index (χ3v) is 3.46. The predicted octanol–water partition coefficient (Wildman–Crippen LogP) is 2.44. The molecule has 1 unspecified atom stereocenters. The van der Waals surface area contributed by atoms with E-state index in [-0.39, 0.29) is 18.6 Å². The van der Waals surface area contributed by atoms with Gasteiger partial charge in [-0.05, 0) is 44.7 Å². The van der Waals surface area contributed by atoms with E-state index in [4.69, 9.17) is 4.74 Å². The molecule has 4 nitrogen and oxygen atoms in total. The highest BCUT2D eigenvalue weighted by Gasteiger charge is 2.52. The molecule has 0 spiro atoms. The molecular formula is C15H20FNO3. The fourth-order valence-corrected chi connectivity index (χ4v) is 2.42. The van der Waals surface area contributed by atoms with E-state index >= 15 is 0 Å². The Labute approximate surface area is 117 Å². The topological polar surface area (TPSA) is 58.6 Å². The minimum atomic E-state index is -1.10. The van der Waals surface area contributed by atoms with E-state index in [1.807, 2.05) is 13.8 Å². The van der Waals surface area contributed by atoms with Crippen molar-refractivity contribution in [1.82, 2.24) is 5.32 Å². The van der Waals surface area contributed by atoms with Crippen molar-refractivity contribution in [2.75, 3.05) is 6.61 Å². The van der Waals surface area contributed by atoms with Crippen LogP contribution in [0.3, 0.4) is 0 Å². The highest BCUT2D eigenvalue weighted by molar-refractivity contribution is 5.80. The number of benzene rings is 1. The van der Waals surface area contributed by atoms with Crippen LogP contribution in [0.2, 0.25) is 0 Å². The number of halogens is 1. The minimum absolute atomic E-state index is 0.00532. The quantitative estimate of drug-likeness (QED) is 0.806. The summed E-state index contributed by atoms with van der Waals surface area (Å²) in [5.41, 5.74) is -1.10. The van der Waals surface area contributed by atoms with Crippen LogP contribution in [0.4, 0.5) is 4.39 Å². The van der Waals surface area contributed by atoms with Gasteiger partial charge < -0.3 is 9.84 Å². The predicted molar refractivity (Wildman–Crippen MR) is 73.3 cm³/mol. The Bertz CT molecular complexity index is 488. The van der Waals surface area contributed by atoms with Crippen LogP contribution in [-0.2, 0) is 4.79 Å². The Morgan fingerprint density at radius 3 is 2.75 bits per heavy atom. The highest BCUT2D eigenvalue weighted by Crippen LogP contribution is 2.40. The average Bonchev–Trinajstić information content (AvgIpc) is 3.18. The van der Waals surface area contributed by atoms with E-state index in [9.17, 15) is 14.3 Å². The van der Waals surface area contributed by atoms with Crippen LogP contribution in [0.25, 0.3) is 0 Å². The van der Waals surface area contributed by atoms with Gasteiger partial charge in [-0.1, -0.05) is 6.07 Å². The molecule has 0 amide bonds. The van der Waals surface area contributed by atoms with Crippen molar-refractivity contribution < 1.29 is 19.0 Å². The number of carboxylic acid groups (broad SMARTS) is 1. The van der Waals surface area contributed by atoms with E-state index in [1.54, 1.807) is 12.1 Å². The van der Waals surface area contributed by atoms with Crippen LogP contribution in [0.1, 0.15) is 26.7 Å². The molecule has 1 aromatic rings. The molecule has 0 aromatic heterocycles. The van der Waals surface area contributed by atoms with Gasteiger partial charge in [-0.15, -0.1) is 0 Å². The second kappa shape index (κ2) is 5.79. The number of aliphatic carboxylic acids is 1. The Kier molecular flexibility index (Phi) is 4.28. The van der Waals surface area contributed by atoms with Crippen LogP contribution in [0.15, 0.2) is 24.3 Å². The summed E-state index contributed by atoms with van der Waals surface area (Å²) in [7, 11) is 0. The molecule has 0 saturated heterocycles. The van der Waals surface area contributed by atoms with E-state index in [2.05, 4.69) is 5.32 Å². The molecule has 110 valence electrons. The number of carboxylic acids is 1. The Morgan fingerprint density at radius 2 is 2.25 bits per heavy atom. The number of hydrogen-bond acceptors (Lipinski definition) is 3. The van der Waals surface area contributed by atoms with Crippen molar-refractivity contribution in [2.45, 2.75) is 38.3 Å². The first-order valence-electron chi connectivity index (χ1n) is 6.83. The van der Waals surface area contributed by atoms with Crippen LogP contribution in [0, 0.1) is 11.7 Å². The lowest BCUT2D eigenvalue weighted by atomic mass is 9.93. The van der Waals surface area contributed by atoms with Gasteiger partial charge in [0.05, 0.1) is 0 Å². The van der Waals surface area contributed by atoms with Crippen LogP contribution in [-0.4, -0.2) is 29.3 Å². The average molecular weight is 281 g/mol. The van der Waals surface area contributed by atoms with Crippen molar-refractivity contribution in [2.24, 2.45) is 5.92 Å². The van der Waals surface area contributed by atoms with Gasteiger partial charge in [0.25, 0.3) is 0 Å². The Balaban J connectivity index is 2.13. The summed E-state index contributed by atoms with van der Waals surface area (Å²) >= 11 is 0. The van der Waals surface area contributed by atoms with Gasteiger partial charge in [0, 0.05) is 12.1 Å². The molecule has 0 heterocycles. The van der Waals surface area contributed by atoms with E-state index in [0.717, 1.165) is 12.8 Å². The largest absolute Gasteiger partial charge is 0.491 e. The first-order valence-corrected chi connectivity index (χ1v) is 6.83. The van der Waals surface area contributed by atoms with Crippen LogP contribution < -0.4 is 10.1 Å². The fourth-order valence-electron chi connectivity index (χ4n) is 2.42. The number of nitrogens with one attached hydrogen (secondary N) is 1. The van der Waals surface area contributed by atoms with Crippen molar-refractivity contribution >= 4 is 5.97 Å². The van der Waals surface area contributed by atoms with Gasteiger partial charge >= 0.3 is 5.97 Å². The molecule has 2 N–H and O–H groups in total. The highest BCUT2D eigenvalue weighted by atomic mass is 19.1. The second-order valence-electron chi connectivity index (χ2n) is 5.60. The van der Waals surface area contributed by atoms with Gasteiger partial charge in [0.2, 0.25) is 0 Å². The zero-order valence-corrected chi connectivity index (χ0v) is 11.7. The molecule has 0 radical (unpaired) electrons. The maximum absolute atomic E-state index is 13.1. The van der Waals surface area contributed by atoms with Crippen molar-refractivity contribution in [3.8, 4) is 5.75 Å². The molecule has 0 bridgehead atoms. The summed E-state index contributed by atoms with van der Waals surface area (Å²) in [5, 5.41) is 12.7. The first-order chi connectivity index (χ1) is 9.44. The number of carbonyl (C=O) groups is 1. The lowest BCUT2D eigenvalue weighted by Crippen LogP contribution is -2.60. The van der Waals surface area contributed by atoms with Crippen LogP contribution >= 0.6 is 0 Å². The summed E-state index contributed by atoms with van der Waals surface area (Å²) in [5.74, 6) is -0.894. The molecule has 1 fully saturated rings. The van der Waals surface area contributed by atoms with Gasteiger partial charge in [-0.25, -0.2) is 4.39 Å². The zero-order chi connectivity index (χ0) is 14.8. The lowest BCUT2D eigenvalue weighted by molar-refractivity contribution is -0.148. The molecule has 0 aliphatic heterocycles. The molecule has 1 aromatic carbocycles. The second-order valence-corrected chi connectivity index (χ2v) is 5.60. The van der Waals surface area contributed by atoms with Gasteiger partial charge in [-0.2, -0.15) is 0 Å². The summed E-state index contributed by atoms with van der Waals surface area (Å²) in [4.78, 5) is 11.7. The normalized spacial score (nSPS) is 17.8. The zero-order valence-electron chi connectivity index (χ0n) is 11.7. The molecule has 2 rings (SSSR count). The van der Waals surface area contributed by atoms with Crippen LogP contribution in [0.5, 0.6) is 5.75 Å². The third-order valence-electron chi connectivity index (χ3n) is 3.46. The minimum Gasteiger partial charge on any atom is -0.491 e. The number of ether oxygens (including phenoxy) is 1. The van der Waals surface area contributed by atoms with Gasteiger partial charge in [0.15, 0.2) is 5.54 Å². The summed E-state index contributed by atoms with van der Waals surface area (Å²) in [6.45, 7) is 3.80. The molecule has 1 atom stereocenters. The molecule has 1 aliphatic rings. The van der Waals surface area contributed by atoms with Crippen molar-refractivity contribution in [3.05, 3.63) is 30.1 Å². The fraction of sp³-hybridized carbons (Fsp3) is 0.533. The van der Waals surface area contributed by atoms with E-state index < -0.39 is 17.3 Å². The number of hydrogen-bond donors (Lipinski definition) is 2. The third kappa shape index (κ3) is 3.28. The smallest absolute Gasteiger partial charge is 0.327 e. The molecule has 1 aliphatic carbocycles. The van der Waals surface area contributed by atoms with E-state index in [0.29, 0.717) is 5.75 Å².